The summed E-state index contributed by atoms with van der Waals surface area (Å²) < 4.78 is 41.7. The number of anilines is 2. The molecule has 0 radical (unpaired) electrons. The van der Waals surface area contributed by atoms with E-state index in [9.17, 15) is 22.8 Å². The maximum atomic E-state index is 13.5. The van der Waals surface area contributed by atoms with Gasteiger partial charge in [0.05, 0.1) is 16.9 Å². The zero-order valence-corrected chi connectivity index (χ0v) is 16.6. The second-order valence-electron chi connectivity index (χ2n) is 6.65. The lowest BCUT2D eigenvalue weighted by atomic mass is 10.1. The lowest BCUT2D eigenvalue weighted by Gasteiger charge is -2.19. The second-order valence-corrected chi connectivity index (χ2v) is 6.65. The molecule has 162 valence electrons. The summed E-state index contributed by atoms with van der Waals surface area (Å²) in [5.41, 5.74) is -0.493. The van der Waals surface area contributed by atoms with Crippen molar-refractivity contribution in [1.29, 1.82) is 0 Å². The summed E-state index contributed by atoms with van der Waals surface area (Å²) in [5.74, 6) is -2.20. The molecule has 0 spiro atoms. The van der Waals surface area contributed by atoms with Crippen LogP contribution in [0.15, 0.2) is 67.0 Å². The molecule has 0 fully saturated rings. The van der Waals surface area contributed by atoms with Gasteiger partial charge in [-0.2, -0.15) is 18.3 Å². The van der Waals surface area contributed by atoms with Crippen molar-refractivity contribution in [3.8, 4) is 5.69 Å². The molecule has 3 rings (SSSR count). The largest absolute Gasteiger partial charge is 0.418 e. The number of benzene rings is 2. The van der Waals surface area contributed by atoms with Crippen molar-refractivity contribution in [3.63, 3.8) is 0 Å². The van der Waals surface area contributed by atoms with E-state index in [0.29, 0.717) is 6.54 Å². The van der Waals surface area contributed by atoms with Crippen LogP contribution in [0.25, 0.3) is 5.69 Å². The van der Waals surface area contributed by atoms with E-state index in [1.807, 2.05) is 47.6 Å². The maximum Gasteiger partial charge on any atom is 0.418 e. The minimum atomic E-state index is -4.74. The van der Waals surface area contributed by atoms with Crippen molar-refractivity contribution in [3.05, 3.63) is 72.6 Å². The van der Waals surface area contributed by atoms with Crippen molar-refractivity contribution >= 4 is 23.2 Å². The van der Waals surface area contributed by atoms with Crippen molar-refractivity contribution < 1.29 is 22.8 Å². The number of para-hydroxylation sites is 1. The highest BCUT2D eigenvalue weighted by Gasteiger charge is 2.35. The normalized spacial score (nSPS) is 11.1. The predicted octanol–water partition coefficient (Wildman–Crippen LogP) is 3.08. The van der Waals surface area contributed by atoms with E-state index in [0.717, 1.165) is 17.8 Å². The number of aromatic nitrogens is 2. The monoisotopic (exact) mass is 431 g/mol. The molecular formula is C21H20F3N5O2. The van der Waals surface area contributed by atoms with E-state index < -0.39 is 29.2 Å². The molecule has 0 unspecified atom stereocenters. The first-order valence-corrected chi connectivity index (χ1v) is 9.32. The lowest BCUT2D eigenvalue weighted by Crippen LogP contribution is -2.39. The molecule has 31 heavy (non-hydrogen) atoms. The van der Waals surface area contributed by atoms with Gasteiger partial charge in [-0.15, -0.1) is 0 Å². The van der Waals surface area contributed by atoms with Crippen LogP contribution in [0, 0.1) is 0 Å². The van der Waals surface area contributed by atoms with Crippen LogP contribution in [0.1, 0.15) is 5.56 Å². The van der Waals surface area contributed by atoms with Gasteiger partial charge in [-0.25, -0.2) is 4.68 Å². The first-order valence-electron chi connectivity index (χ1n) is 9.32. The van der Waals surface area contributed by atoms with Crippen LogP contribution in [0.3, 0.4) is 0 Å². The molecule has 0 aliphatic rings. The fourth-order valence-corrected chi connectivity index (χ4v) is 2.85. The number of nitrogens with zero attached hydrogens (tertiary/aromatic N) is 3. The molecule has 10 heteroatoms. The van der Waals surface area contributed by atoms with Crippen LogP contribution in [0.2, 0.25) is 0 Å². The minimum Gasteiger partial charge on any atom is -0.373 e. The SMILES string of the molecule is CN(CCNC(=O)C(=O)Nc1ccc(-n2cccn2)cc1C(F)(F)F)c1ccccc1. The van der Waals surface area contributed by atoms with E-state index >= 15 is 0 Å². The van der Waals surface area contributed by atoms with Crippen LogP contribution in [0.5, 0.6) is 0 Å². The highest BCUT2D eigenvalue weighted by Crippen LogP contribution is 2.36. The summed E-state index contributed by atoms with van der Waals surface area (Å²) in [6, 6.07) is 14.3. The van der Waals surface area contributed by atoms with E-state index in [-0.39, 0.29) is 12.2 Å². The fraction of sp³-hybridized carbons (Fsp3) is 0.190. The van der Waals surface area contributed by atoms with Crippen LogP contribution in [0.4, 0.5) is 24.5 Å². The smallest absolute Gasteiger partial charge is 0.373 e. The molecule has 0 atom stereocenters. The molecule has 0 aliphatic carbocycles. The summed E-state index contributed by atoms with van der Waals surface area (Å²) in [5, 5.41) is 8.34. The van der Waals surface area contributed by atoms with Gasteiger partial charge in [-0.1, -0.05) is 18.2 Å². The molecular weight excluding hydrogens is 411 g/mol. The van der Waals surface area contributed by atoms with Crippen LogP contribution >= 0.6 is 0 Å². The second kappa shape index (κ2) is 9.33. The van der Waals surface area contributed by atoms with Crippen molar-refractivity contribution in [2.24, 2.45) is 0 Å². The van der Waals surface area contributed by atoms with Gasteiger partial charge >= 0.3 is 18.0 Å². The molecule has 0 aliphatic heterocycles. The van der Waals surface area contributed by atoms with Gasteiger partial charge in [0.15, 0.2) is 0 Å². The molecule has 7 nitrogen and oxygen atoms in total. The van der Waals surface area contributed by atoms with Gasteiger partial charge in [-0.3, -0.25) is 9.59 Å². The minimum absolute atomic E-state index is 0.141. The van der Waals surface area contributed by atoms with Gasteiger partial charge in [0.1, 0.15) is 0 Å². The van der Waals surface area contributed by atoms with Crippen molar-refractivity contribution in [2.75, 3.05) is 30.4 Å². The van der Waals surface area contributed by atoms with Crippen LogP contribution < -0.4 is 15.5 Å². The number of alkyl halides is 3. The third-order valence-corrected chi connectivity index (χ3v) is 4.46. The Labute approximate surface area is 176 Å². The molecule has 3 aromatic rings. The Hall–Kier alpha value is -3.82. The predicted molar refractivity (Wildman–Crippen MR) is 110 cm³/mol. The zero-order valence-electron chi connectivity index (χ0n) is 16.6. The van der Waals surface area contributed by atoms with E-state index in [1.54, 1.807) is 6.07 Å². The number of carbonyl (C=O) groups is 2. The summed E-state index contributed by atoms with van der Waals surface area (Å²) in [6.45, 7) is 0.553. The van der Waals surface area contributed by atoms with Crippen LogP contribution in [-0.2, 0) is 15.8 Å². The number of likely N-dealkylation sites (N-methyl/N-ethyl adjacent to an activating group) is 1. The Kier molecular flexibility index (Phi) is 6.58. The Morgan fingerprint density at radius 2 is 1.81 bits per heavy atom. The standard InChI is InChI=1S/C21H20F3N5O2/c1-28(15-6-3-2-4-7-15)13-11-25-19(30)20(31)27-18-9-8-16(29-12-5-10-26-29)14-17(18)21(22,23)24/h2-10,12,14H,11,13H2,1H3,(H,25,30)(H,27,31). The van der Waals surface area contributed by atoms with Gasteiger partial charge in [0.2, 0.25) is 0 Å². The Morgan fingerprint density at radius 3 is 2.45 bits per heavy atom. The third kappa shape index (κ3) is 5.62. The number of rotatable bonds is 6. The van der Waals surface area contributed by atoms with Crippen LogP contribution in [-0.4, -0.2) is 41.7 Å². The molecule has 0 bridgehead atoms. The number of halogens is 3. The summed E-state index contributed by atoms with van der Waals surface area (Å²) in [7, 11) is 1.82. The van der Waals surface area contributed by atoms with Gasteiger partial charge in [0, 0.05) is 38.2 Å². The van der Waals surface area contributed by atoms with Gasteiger partial charge in [-0.05, 0) is 36.4 Å². The fourth-order valence-electron chi connectivity index (χ4n) is 2.85. The Bertz CT molecular complexity index is 1040. The summed E-state index contributed by atoms with van der Waals surface area (Å²) in [4.78, 5) is 26.0. The number of nitrogens with one attached hydrogen (secondary N) is 2. The first kappa shape index (κ1) is 21.9. The molecule has 1 heterocycles. The number of hydrogen-bond acceptors (Lipinski definition) is 4. The summed E-state index contributed by atoms with van der Waals surface area (Å²) in [6.07, 6.45) is -1.81. The zero-order chi connectivity index (χ0) is 22.4. The Balaban J connectivity index is 1.63. The van der Waals surface area contributed by atoms with E-state index in [2.05, 4.69) is 10.4 Å². The molecule has 2 aromatic carbocycles. The highest BCUT2D eigenvalue weighted by molar-refractivity contribution is 6.39. The molecule has 2 amide bonds. The Morgan fingerprint density at radius 1 is 1.06 bits per heavy atom. The number of carbonyl (C=O) groups excluding carboxylic acids is 2. The van der Waals surface area contributed by atoms with Gasteiger partial charge in [0.25, 0.3) is 0 Å². The lowest BCUT2D eigenvalue weighted by molar-refractivity contribution is -0.138. The molecule has 0 saturated carbocycles. The third-order valence-electron chi connectivity index (χ3n) is 4.46. The number of amides is 2. The molecule has 0 saturated heterocycles. The van der Waals surface area contributed by atoms with Gasteiger partial charge < -0.3 is 15.5 Å². The van der Waals surface area contributed by atoms with E-state index in [1.165, 1.54) is 23.1 Å². The number of hydrogen-bond donors (Lipinski definition) is 2. The van der Waals surface area contributed by atoms with Crippen molar-refractivity contribution in [2.45, 2.75) is 6.18 Å². The highest BCUT2D eigenvalue weighted by atomic mass is 19.4. The summed E-state index contributed by atoms with van der Waals surface area (Å²) >= 11 is 0. The topological polar surface area (TPSA) is 79.3 Å². The average molecular weight is 431 g/mol. The first-order chi connectivity index (χ1) is 14.8. The van der Waals surface area contributed by atoms with Crippen molar-refractivity contribution in [1.82, 2.24) is 15.1 Å². The average Bonchev–Trinajstić information content (AvgIpc) is 3.28. The maximum absolute atomic E-state index is 13.5. The molecule has 2 N–H and O–H groups in total. The quantitative estimate of drug-likeness (QED) is 0.588. The molecule has 1 aromatic heterocycles. The van der Waals surface area contributed by atoms with E-state index in [4.69, 9.17) is 0 Å².